The van der Waals surface area contributed by atoms with Gasteiger partial charge in [0.25, 0.3) is 0 Å². The highest BCUT2D eigenvalue weighted by atomic mass is 16.5. The van der Waals surface area contributed by atoms with Crippen molar-refractivity contribution >= 4 is 0 Å². The van der Waals surface area contributed by atoms with Crippen molar-refractivity contribution in [3.05, 3.63) is 48.0 Å². The van der Waals surface area contributed by atoms with Crippen LogP contribution >= 0.6 is 0 Å². The molecule has 1 heterocycles. The second-order valence-electron chi connectivity index (χ2n) is 4.51. The van der Waals surface area contributed by atoms with Gasteiger partial charge >= 0.3 is 0 Å². The number of ether oxygens (including phenoxy) is 1. The van der Waals surface area contributed by atoms with E-state index >= 15 is 0 Å². The first-order valence-corrected chi connectivity index (χ1v) is 5.85. The highest BCUT2D eigenvalue weighted by Crippen LogP contribution is 2.19. The highest BCUT2D eigenvalue weighted by Gasteiger charge is 2.01. The fourth-order valence-corrected chi connectivity index (χ4v) is 1.63. The average Bonchev–Trinajstić information content (AvgIpc) is 2.73. The number of aromatic nitrogens is 2. The maximum absolute atomic E-state index is 5.71. The molecule has 0 radical (unpaired) electrons. The largest absolute Gasteiger partial charge is 0.487 e. The van der Waals surface area contributed by atoms with Crippen LogP contribution in [0.5, 0.6) is 5.75 Å². The van der Waals surface area contributed by atoms with Crippen LogP contribution in [0.25, 0.3) is 0 Å². The molecule has 2 aromatic rings. The van der Waals surface area contributed by atoms with E-state index in [0.717, 1.165) is 11.4 Å². The van der Waals surface area contributed by atoms with E-state index in [-0.39, 0.29) is 0 Å². The van der Waals surface area contributed by atoms with Crippen molar-refractivity contribution in [2.75, 3.05) is 0 Å². The first-order valence-electron chi connectivity index (χ1n) is 5.85. The van der Waals surface area contributed by atoms with Gasteiger partial charge in [0.15, 0.2) is 0 Å². The Bertz CT molecular complexity index is 471. The summed E-state index contributed by atoms with van der Waals surface area (Å²) in [5, 5.41) is 0. The smallest absolute Gasteiger partial charge is 0.130 e. The Morgan fingerprint density at radius 1 is 1.24 bits per heavy atom. The Labute approximate surface area is 102 Å². The lowest BCUT2D eigenvalue weighted by Crippen LogP contribution is -2.01. The first-order chi connectivity index (χ1) is 8.16. The zero-order valence-corrected chi connectivity index (χ0v) is 10.6. The average molecular weight is 230 g/mol. The Morgan fingerprint density at radius 2 is 1.94 bits per heavy atom. The molecule has 90 valence electrons. The molecule has 0 spiro atoms. The van der Waals surface area contributed by atoms with E-state index in [1.165, 1.54) is 5.56 Å². The van der Waals surface area contributed by atoms with E-state index in [2.05, 4.69) is 31.0 Å². The molecule has 0 fully saturated rings. The van der Waals surface area contributed by atoms with Gasteiger partial charge in [-0.25, -0.2) is 4.98 Å². The van der Waals surface area contributed by atoms with Gasteiger partial charge in [-0.15, -0.1) is 0 Å². The number of hydrogen-bond donors (Lipinski definition) is 0. The van der Waals surface area contributed by atoms with Gasteiger partial charge in [-0.1, -0.05) is 26.0 Å². The van der Waals surface area contributed by atoms with Crippen LogP contribution in [0.1, 0.15) is 31.0 Å². The molecular weight excluding hydrogens is 212 g/mol. The third-order valence-electron chi connectivity index (χ3n) is 2.85. The quantitative estimate of drug-likeness (QED) is 0.807. The summed E-state index contributed by atoms with van der Waals surface area (Å²) in [5.41, 5.74) is 2.40. The lowest BCUT2D eigenvalue weighted by Gasteiger charge is -2.09. The third kappa shape index (κ3) is 2.87. The van der Waals surface area contributed by atoms with Crippen LogP contribution in [-0.2, 0) is 13.7 Å². The number of nitrogens with zero attached hydrogens (tertiary/aromatic N) is 2. The van der Waals surface area contributed by atoms with Crippen molar-refractivity contribution < 1.29 is 4.74 Å². The zero-order chi connectivity index (χ0) is 12.3. The van der Waals surface area contributed by atoms with Crippen molar-refractivity contribution in [2.45, 2.75) is 26.4 Å². The minimum Gasteiger partial charge on any atom is -0.487 e. The Morgan fingerprint density at radius 3 is 2.47 bits per heavy atom. The molecule has 0 atom stereocenters. The summed E-state index contributed by atoms with van der Waals surface area (Å²) in [4.78, 5) is 4.05. The van der Waals surface area contributed by atoms with Gasteiger partial charge in [-0.2, -0.15) is 0 Å². The van der Waals surface area contributed by atoms with Gasteiger partial charge in [0, 0.05) is 7.05 Å². The molecule has 17 heavy (non-hydrogen) atoms. The van der Waals surface area contributed by atoms with E-state index < -0.39 is 0 Å². The molecule has 1 aromatic carbocycles. The maximum atomic E-state index is 5.71. The van der Waals surface area contributed by atoms with E-state index in [1.54, 1.807) is 6.33 Å². The zero-order valence-electron chi connectivity index (χ0n) is 10.6. The monoisotopic (exact) mass is 230 g/mol. The van der Waals surface area contributed by atoms with Crippen molar-refractivity contribution in [1.82, 2.24) is 9.55 Å². The van der Waals surface area contributed by atoms with Crippen molar-refractivity contribution in [3.8, 4) is 5.75 Å². The fourth-order valence-electron chi connectivity index (χ4n) is 1.63. The van der Waals surface area contributed by atoms with Gasteiger partial charge in [0.05, 0.1) is 18.2 Å². The van der Waals surface area contributed by atoms with Gasteiger partial charge in [0.2, 0.25) is 0 Å². The molecule has 0 aliphatic carbocycles. The Kier molecular flexibility index (Phi) is 3.47. The molecule has 0 aliphatic heterocycles. The van der Waals surface area contributed by atoms with Crippen LogP contribution in [0.3, 0.4) is 0 Å². The van der Waals surface area contributed by atoms with Crippen LogP contribution < -0.4 is 4.74 Å². The third-order valence-corrected chi connectivity index (χ3v) is 2.85. The summed E-state index contributed by atoms with van der Waals surface area (Å²) in [7, 11) is 1.97. The molecule has 0 N–H and O–H groups in total. The molecule has 0 aliphatic rings. The number of aryl methyl sites for hydroxylation is 1. The molecule has 0 amide bonds. The van der Waals surface area contributed by atoms with Crippen LogP contribution in [0.4, 0.5) is 0 Å². The van der Waals surface area contributed by atoms with E-state index in [4.69, 9.17) is 4.74 Å². The second-order valence-corrected chi connectivity index (χ2v) is 4.51. The molecule has 3 heteroatoms. The fraction of sp³-hybridized carbons (Fsp3) is 0.357. The summed E-state index contributed by atoms with van der Waals surface area (Å²) in [5.74, 6) is 1.46. The van der Waals surface area contributed by atoms with Crippen molar-refractivity contribution in [1.29, 1.82) is 0 Å². The minimum atomic E-state index is 0.553. The lowest BCUT2D eigenvalue weighted by molar-refractivity contribution is 0.297. The number of rotatable bonds is 4. The van der Waals surface area contributed by atoms with Gasteiger partial charge in [-0.3, -0.25) is 0 Å². The van der Waals surface area contributed by atoms with Crippen molar-refractivity contribution in [3.63, 3.8) is 0 Å². The summed E-state index contributed by atoms with van der Waals surface area (Å²) in [6, 6.07) is 8.27. The summed E-state index contributed by atoms with van der Waals surface area (Å²) in [6.07, 6.45) is 3.60. The van der Waals surface area contributed by atoms with Crippen LogP contribution in [0.15, 0.2) is 36.8 Å². The van der Waals surface area contributed by atoms with Crippen molar-refractivity contribution in [2.24, 2.45) is 7.05 Å². The number of hydrogen-bond acceptors (Lipinski definition) is 2. The van der Waals surface area contributed by atoms with Gasteiger partial charge in [-0.05, 0) is 23.6 Å². The molecule has 0 saturated carbocycles. The van der Waals surface area contributed by atoms with Crippen LogP contribution in [-0.4, -0.2) is 9.55 Å². The SMILES string of the molecule is CC(C)c1ccc(OCc2cncn2C)cc1. The van der Waals surface area contributed by atoms with E-state index in [0.29, 0.717) is 12.5 Å². The lowest BCUT2D eigenvalue weighted by atomic mass is 10.0. The topological polar surface area (TPSA) is 27.1 Å². The molecular formula is C14H18N2O. The molecule has 0 bridgehead atoms. The molecule has 2 rings (SSSR count). The molecule has 0 unspecified atom stereocenters. The molecule has 3 nitrogen and oxygen atoms in total. The van der Waals surface area contributed by atoms with E-state index in [9.17, 15) is 0 Å². The predicted molar refractivity (Wildman–Crippen MR) is 68.1 cm³/mol. The predicted octanol–water partition coefficient (Wildman–Crippen LogP) is 3.12. The number of imidazole rings is 1. The summed E-state index contributed by atoms with van der Waals surface area (Å²) >= 11 is 0. The van der Waals surface area contributed by atoms with Crippen LogP contribution in [0.2, 0.25) is 0 Å². The summed E-state index contributed by atoms with van der Waals surface area (Å²) in [6.45, 7) is 4.93. The highest BCUT2D eigenvalue weighted by molar-refractivity contribution is 5.29. The Balaban J connectivity index is 1.98. The van der Waals surface area contributed by atoms with E-state index in [1.807, 2.05) is 29.9 Å². The first kappa shape index (κ1) is 11.7. The minimum absolute atomic E-state index is 0.553. The molecule has 0 saturated heterocycles. The standard InChI is InChI=1S/C14H18N2O/c1-11(2)12-4-6-14(7-5-12)17-9-13-8-15-10-16(13)3/h4-8,10-11H,9H2,1-3H3. The van der Waals surface area contributed by atoms with Gasteiger partial charge < -0.3 is 9.30 Å². The van der Waals surface area contributed by atoms with Crippen LogP contribution in [0, 0.1) is 0 Å². The summed E-state index contributed by atoms with van der Waals surface area (Å²) < 4.78 is 7.67. The maximum Gasteiger partial charge on any atom is 0.130 e. The normalized spacial score (nSPS) is 10.8. The van der Waals surface area contributed by atoms with Gasteiger partial charge in [0.1, 0.15) is 12.4 Å². The Hall–Kier alpha value is -1.77. The number of benzene rings is 1. The molecule has 1 aromatic heterocycles. The second kappa shape index (κ2) is 5.04.